The Morgan fingerprint density at radius 3 is 2.58 bits per heavy atom. The minimum atomic E-state index is -1.02. The van der Waals surface area contributed by atoms with E-state index in [1.165, 1.54) is 21.1 Å². The number of methoxy groups -OCH3 is 2. The van der Waals surface area contributed by atoms with Gasteiger partial charge in [-0.3, -0.25) is 10.1 Å². The number of hydrogen-bond donors (Lipinski definition) is 0. The number of nitro groups is 1. The van der Waals surface area contributed by atoms with Gasteiger partial charge < -0.3 is 14.2 Å². The van der Waals surface area contributed by atoms with Crippen LogP contribution in [0.4, 0.5) is 0 Å². The van der Waals surface area contributed by atoms with E-state index < -0.39 is 23.0 Å². The third-order valence-corrected chi connectivity index (χ3v) is 3.09. The predicted octanol–water partition coefficient (Wildman–Crippen LogP) is 1.58. The summed E-state index contributed by atoms with van der Waals surface area (Å²) in [6, 6.07) is 2.16. The Bertz CT molecular complexity index is 541. The second-order valence-corrected chi connectivity index (χ2v) is 4.12. The topological polar surface area (TPSA) is 87.9 Å². The monoisotopic (exact) mass is 267 g/mol. The van der Waals surface area contributed by atoms with Gasteiger partial charge in [0.05, 0.1) is 14.2 Å². The fraction of sp³-hybridized carbons (Fsp3) is 0.417. The molecule has 0 aromatic heterocycles. The fourth-order valence-corrected chi connectivity index (χ4v) is 2.10. The molecule has 0 saturated carbocycles. The van der Waals surface area contributed by atoms with Crippen molar-refractivity contribution in [2.24, 2.45) is 0 Å². The van der Waals surface area contributed by atoms with Crippen LogP contribution in [0.3, 0.4) is 0 Å². The van der Waals surface area contributed by atoms with Crippen LogP contribution < -0.4 is 9.47 Å². The molecule has 7 nitrogen and oxygen atoms in total. The lowest BCUT2D eigenvalue weighted by Crippen LogP contribution is -2.24. The zero-order valence-corrected chi connectivity index (χ0v) is 10.7. The van der Waals surface area contributed by atoms with Gasteiger partial charge in [-0.15, -0.1) is 0 Å². The number of benzene rings is 1. The standard InChI is InChI=1S/C12H13NO6/c1-6(13(15)16)10-7-4-5-8(17-2)11(18-3)9(7)12(14)19-10/h4-6,10H,1-3H3. The number of carbonyl (C=O) groups excluding carboxylic acids is 1. The summed E-state index contributed by atoms with van der Waals surface area (Å²) in [6.45, 7) is 1.39. The Labute approximate surface area is 109 Å². The van der Waals surface area contributed by atoms with Crippen molar-refractivity contribution in [3.8, 4) is 11.5 Å². The minimum absolute atomic E-state index is 0.195. The molecule has 102 valence electrons. The van der Waals surface area contributed by atoms with Crippen molar-refractivity contribution in [2.75, 3.05) is 14.2 Å². The van der Waals surface area contributed by atoms with Crippen molar-refractivity contribution in [2.45, 2.75) is 19.1 Å². The molecule has 19 heavy (non-hydrogen) atoms. The van der Waals surface area contributed by atoms with E-state index in [0.29, 0.717) is 11.3 Å². The molecule has 1 aromatic carbocycles. The molecule has 1 heterocycles. The number of carbonyl (C=O) groups is 1. The van der Waals surface area contributed by atoms with Crippen LogP contribution >= 0.6 is 0 Å². The first-order valence-electron chi connectivity index (χ1n) is 5.60. The maximum atomic E-state index is 11.9. The second-order valence-electron chi connectivity index (χ2n) is 4.12. The van der Waals surface area contributed by atoms with Gasteiger partial charge in [0, 0.05) is 17.4 Å². The zero-order valence-electron chi connectivity index (χ0n) is 10.7. The van der Waals surface area contributed by atoms with E-state index in [4.69, 9.17) is 14.2 Å². The molecule has 2 unspecified atom stereocenters. The van der Waals surface area contributed by atoms with Gasteiger partial charge in [0.2, 0.25) is 0 Å². The maximum Gasteiger partial charge on any atom is 0.343 e. The molecule has 0 spiro atoms. The average molecular weight is 267 g/mol. The van der Waals surface area contributed by atoms with Crippen LogP contribution in [-0.4, -0.2) is 31.2 Å². The van der Waals surface area contributed by atoms with Crippen LogP contribution in [0.15, 0.2) is 12.1 Å². The Morgan fingerprint density at radius 2 is 2.05 bits per heavy atom. The Kier molecular flexibility index (Phi) is 3.28. The smallest absolute Gasteiger partial charge is 0.343 e. The lowest BCUT2D eigenvalue weighted by atomic mass is 10.00. The summed E-state index contributed by atoms with van der Waals surface area (Å²) in [6.07, 6.45) is -0.905. The van der Waals surface area contributed by atoms with Crippen molar-refractivity contribution >= 4 is 5.97 Å². The number of ether oxygens (including phenoxy) is 3. The van der Waals surface area contributed by atoms with Gasteiger partial charge in [-0.2, -0.15) is 0 Å². The van der Waals surface area contributed by atoms with E-state index in [0.717, 1.165) is 0 Å². The van der Waals surface area contributed by atoms with Gasteiger partial charge >= 0.3 is 5.97 Å². The van der Waals surface area contributed by atoms with Gasteiger partial charge in [-0.1, -0.05) is 6.07 Å². The molecule has 0 bridgehead atoms. The summed E-state index contributed by atoms with van der Waals surface area (Å²) in [5.41, 5.74) is 0.646. The first kappa shape index (κ1) is 13.1. The highest BCUT2D eigenvalue weighted by Crippen LogP contribution is 2.43. The number of esters is 1. The third-order valence-electron chi connectivity index (χ3n) is 3.09. The molecule has 0 saturated heterocycles. The SMILES string of the molecule is COc1ccc2c(c1OC)C(=O)OC2C(C)[N+](=O)[O-]. The molecule has 2 atom stereocenters. The highest BCUT2D eigenvalue weighted by atomic mass is 16.6. The molecule has 2 rings (SSSR count). The van der Waals surface area contributed by atoms with Crippen LogP contribution in [-0.2, 0) is 4.74 Å². The van der Waals surface area contributed by atoms with Crippen LogP contribution in [0.2, 0.25) is 0 Å². The van der Waals surface area contributed by atoms with Crippen LogP contribution in [0.25, 0.3) is 0 Å². The molecule has 7 heteroatoms. The molecule has 0 aliphatic carbocycles. The maximum absolute atomic E-state index is 11.9. The van der Waals surface area contributed by atoms with E-state index in [1.807, 2.05) is 0 Å². The van der Waals surface area contributed by atoms with Crippen molar-refractivity contribution < 1.29 is 23.9 Å². The van der Waals surface area contributed by atoms with Crippen LogP contribution in [0.5, 0.6) is 11.5 Å². The highest BCUT2D eigenvalue weighted by molar-refractivity contribution is 5.98. The van der Waals surface area contributed by atoms with Crippen molar-refractivity contribution in [3.05, 3.63) is 33.4 Å². The average Bonchev–Trinajstić information content (AvgIpc) is 2.74. The molecule has 1 aliphatic rings. The predicted molar refractivity (Wildman–Crippen MR) is 64.2 cm³/mol. The van der Waals surface area contributed by atoms with E-state index in [2.05, 4.69) is 0 Å². The van der Waals surface area contributed by atoms with Crippen LogP contribution in [0.1, 0.15) is 28.9 Å². The number of rotatable bonds is 4. The molecule has 1 aromatic rings. The highest BCUT2D eigenvalue weighted by Gasteiger charge is 2.43. The van der Waals surface area contributed by atoms with Gasteiger partial charge in [0.15, 0.2) is 17.6 Å². The van der Waals surface area contributed by atoms with E-state index in [1.54, 1.807) is 12.1 Å². The largest absolute Gasteiger partial charge is 0.493 e. The van der Waals surface area contributed by atoms with Crippen molar-refractivity contribution in [1.29, 1.82) is 0 Å². The number of fused-ring (bicyclic) bond motifs is 1. The Hall–Kier alpha value is -2.31. The van der Waals surface area contributed by atoms with Gasteiger partial charge in [-0.25, -0.2) is 4.79 Å². The lowest BCUT2D eigenvalue weighted by Gasteiger charge is -2.13. The molecule has 1 aliphatic heterocycles. The number of nitrogens with zero attached hydrogens (tertiary/aromatic N) is 1. The molecular formula is C12H13NO6. The first-order chi connectivity index (χ1) is 9.01. The number of cyclic esters (lactones) is 1. The number of hydrogen-bond acceptors (Lipinski definition) is 6. The summed E-state index contributed by atoms with van der Waals surface area (Å²) in [5, 5.41) is 10.8. The fourth-order valence-electron chi connectivity index (χ4n) is 2.10. The van der Waals surface area contributed by atoms with Crippen molar-refractivity contribution in [1.82, 2.24) is 0 Å². The van der Waals surface area contributed by atoms with Gasteiger partial charge in [-0.05, 0) is 6.07 Å². The minimum Gasteiger partial charge on any atom is -0.493 e. The summed E-state index contributed by atoms with van der Waals surface area (Å²) in [7, 11) is 2.84. The first-order valence-corrected chi connectivity index (χ1v) is 5.60. The Balaban J connectivity index is 2.55. The zero-order chi connectivity index (χ0) is 14.2. The third kappa shape index (κ3) is 1.96. The summed E-state index contributed by atoms with van der Waals surface area (Å²) < 4.78 is 15.3. The van der Waals surface area contributed by atoms with E-state index in [9.17, 15) is 14.9 Å². The molecule has 0 amide bonds. The van der Waals surface area contributed by atoms with Crippen LogP contribution in [0, 0.1) is 10.1 Å². The lowest BCUT2D eigenvalue weighted by molar-refractivity contribution is -0.530. The van der Waals surface area contributed by atoms with E-state index in [-0.39, 0.29) is 11.3 Å². The molecular weight excluding hydrogens is 254 g/mol. The molecule has 0 radical (unpaired) electrons. The summed E-state index contributed by atoms with van der Waals surface area (Å²) >= 11 is 0. The van der Waals surface area contributed by atoms with Gasteiger partial charge in [0.1, 0.15) is 5.56 Å². The quantitative estimate of drug-likeness (QED) is 0.467. The molecule has 0 fully saturated rings. The normalized spacial score (nSPS) is 18.5. The van der Waals surface area contributed by atoms with Gasteiger partial charge in [0.25, 0.3) is 6.04 Å². The second kappa shape index (κ2) is 4.75. The summed E-state index contributed by atoms with van der Waals surface area (Å²) in [4.78, 5) is 22.2. The summed E-state index contributed by atoms with van der Waals surface area (Å²) in [5.74, 6) is -0.0138. The Morgan fingerprint density at radius 1 is 1.37 bits per heavy atom. The molecule has 0 N–H and O–H groups in total. The van der Waals surface area contributed by atoms with E-state index >= 15 is 0 Å². The van der Waals surface area contributed by atoms with Crippen molar-refractivity contribution in [3.63, 3.8) is 0 Å².